The average molecular weight is 324 g/mol. The van der Waals surface area contributed by atoms with Gasteiger partial charge in [0.25, 0.3) is 0 Å². The third-order valence-corrected chi connectivity index (χ3v) is 4.50. The molecule has 0 N–H and O–H groups in total. The molecule has 0 unspecified atom stereocenters. The van der Waals surface area contributed by atoms with Crippen molar-refractivity contribution in [3.8, 4) is 5.75 Å². The normalized spacial score (nSPS) is 15.3. The molecule has 1 heterocycles. The van der Waals surface area contributed by atoms with E-state index in [2.05, 4.69) is 41.0 Å². The number of aryl methyl sites for hydroxylation is 1. The molecular weight excluding hydrogens is 300 g/mol. The summed E-state index contributed by atoms with van der Waals surface area (Å²) in [6, 6.07) is 16.0. The van der Waals surface area contributed by atoms with Gasteiger partial charge in [-0.2, -0.15) is 0 Å². The van der Waals surface area contributed by atoms with Gasteiger partial charge in [-0.05, 0) is 36.8 Å². The molecule has 0 spiro atoms. The predicted octanol–water partition coefficient (Wildman–Crippen LogP) is 3.01. The first-order chi connectivity index (χ1) is 11.7. The summed E-state index contributed by atoms with van der Waals surface area (Å²) in [5, 5.41) is 0. The number of ketones is 1. The van der Waals surface area contributed by atoms with Crippen LogP contribution in [0.1, 0.15) is 15.9 Å². The van der Waals surface area contributed by atoms with Gasteiger partial charge in [0.05, 0.1) is 13.7 Å². The van der Waals surface area contributed by atoms with Crippen molar-refractivity contribution in [3.63, 3.8) is 0 Å². The zero-order valence-electron chi connectivity index (χ0n) is 14.4. The monoisotopic (exact) mass is 324 g/mol. The van der Waals surface area contributed by atoms with Crippen LogP contribution in [0.3, 0.4) is 0 Å². The minimum atomic E-state index is 0.151. The smallest absolute Gasteiger partial charge is 0.176 e. The molecule has 3 rings (SSSR count). The van der Waals surface area contributed by atoms with Gasteiger partial charge >= 0.3 is 0 Å². The first-order valence-electron chi connectivity index (χ1n) is 8.37. The Labute approximate surface area is 143 Å². The minimum Gasteiger partial charge on any atom is -0.497 e. The second-order valence-corrected chi connectivity index (χ2v) is 6.26. The topological polar surface area (TPSA) is 32.8 Å². The Morgan fingerprint density at radius 2 is 1.79 bits per heavy atom. The highest BCUT2D eigenvalue weighted by Gasteiger charge is 2.20. The molecule has 1 aliphatic heterocycles. The van der Waals surface area contributed by atoms with Crippen molar-refractivity contribution >= 4 is 11.5 Å². The average Bonchev–Trinajstić information content (AvgIpc) is 2.62. The second-order valence-electron chi connectivity index (χ2n) is 6.26. The third-order valence-electron chi connectivity index (χ3n) is 4.50. The SMILES string of the molecule is COc1cccc(C(=O)CN2CCN(c3cccc(C)c3)CC2)c1. The zero-order valence-corrected chi connectivity index (χ0v) is 14.4. The molecule has 126 valence electrons. The summed E-state index contributed by atoms with van der Waals surface area (Å²) in [5.74, 6) is 0.878. The van der Waals surface area contributed by atoms with Gasteiger partial charge in [-0.25, -0.2) is 0 Å². The van der Waals surface area contributed by atoms with Gasteiger partial charge < -0.3 is 9.64 Å². The highest BCUT2D eigenvalue weighted by Crippen LogP contribution is 2.18. The van der Waals surface area contributed by atoms with Crippen LogP contribution in [0.2, 0.25) is 0 Å². The first-order valence-corrected chi connectivity index (χ1v) is 8.37. The van der Waals surface area contributed by atoms with Crippen LogP contribution in [0.15, 0.2) is 48.5 Å². The fourth-order valence-corrected chi connectivity index (χ4v) is 3.08. The lowest BCUT2D eigenvalue weighted by Gasteiger charge is -2.35. The maximum Gasteiger partial charge on any atom is 0.176 e. The molecule has 2 aromatic carbocycles. The van der Waals surface area contributed by atoms with Crippen molar-refractivity contribution in [1.29, 1.82) is 0 Å². The molecule has 0 bridgehead atoms. The van der Waals surface area contributed by atoms with Gasteiger partial charge in [0, 0.05) is 37.4 Å². The molecule has 0 atom stereocenters. The van der Waals surface area contributed by atoms with Crippen LogP contribution in [0, 0.1) is 6.92 Å². The lowest BCUT2D eigenvalue weighted by Crippen LogP contribution is -2.48. The number of nitrogens with zero attached hydrogens (tertiary/aromatic N) is 2. The molecule has 4 heteroatoms. The number of hydrogen-bond donors (Lipinski definition) is 0. The number of carbonyl (C=O) groups excluding carboxylic acids is 1. The van der Waals surface area contributed by atoms with E-state index in [9.17, 15) is 4.79 Å². The molecule has 0 radical (unpaired) electrons. The number of rotatable bonds is 5. The van der Waals surface area contributed by atoms with Crippen molar-refractivity contribution < 1.29 is 9.53 Å². The Bertz CT molecular complexity index is 706. The molecule has 1 saturated heterocycles. The van der Waals surface area contributed by atoms with E-state index in [1.807, 2.05) is 24.3 Å². The highest BCUT2D eigenvalue weighted by atomic mass is 16.5. The van der Waals surface area contributed by atoms with E-state index in [0.29, 0.717) is 6.54 Å². The molecule has 2 aromatic rings. The fourth-order valence-electron chi connectivity index (χ4n) is 3.08. The van der Waals surface area contributed by atoms with Crippen molar-refractivity contribution in [2.45, 2.75) is 6.92 Å². The lowest BCUT2D eigenvalue weighted by molar-refractivity contribution is 0.0926. The standard InChI is InChI=1S/C20H24N2O2/c1-16-5-3-7-18(13-16)22-11-9-21(10-12-22)15-20(23)17-6-4-8-19(14-17)24-2/h3-8,13-14H,9-12,15H2,1-2H3. The molecule has 1 fully saturated rings. The summed E-state index contributed by atoms with van der Waals surface area (Å²) in [4.78, 5) is 17.1. The Morgan fingerprint density at radius 3 is 2.50 bits per heavy atom. The van der Waals surface area contributed by atoms with E-state index in [-0.39, 0.29) is 5.78 Å². The number of Topliss-reactive ketones (excluding diaryl/α,β-unsaturated/α-hetero) is 1. The van der Waals surface area contributed by atoms with Crippen LogP contribution in [-0.4, -0.2) is 50.5 Å². The number of piperazine rings is 1. The van der Waals surface area contributed by atoms with E-state index in [1.165, 1.54) is 11.3 Å². The number of carbonyl (C=O) groups is 1. The fraction of sp³-hybridized carbons (Fsp3) is 0.350. The van der Waals surface area contributed by atoms with Crippen LogP contribution >= 0.6 is 0 Å². The Balaban J connectivity index is 1.56. The van der Waals surface area contributed by atoms with Crippen molar-refractivity contribution in [2.75, 3.05) is 44.7 Å². The van der Waals surface area contributed by atoms with E-state index in [1.54, 1.807) is 7.11 Å². The zero-order chi connectivity index (χ0) is 16.9. The molecular formula is C20H24N2O2. The van der Waals surface area contributed by atoms with Gasteiger partial charge in [-0.1, -0.05) is 24.3 Å². The van der Waals surface area contributed by atoms with Crippen LogP contribution in [0.5, 0.6) is 5.75 Å². The number of ether oxygens (including phenoxy) is 1. The summed E-state index contributed by atoms with van der Waals surface area (Å²) in [7, 11) is 1.62. The number of methoxy groups -OCH3 is 1. The lowest BCUT2D eigenvalue weighted by atomic mass is 10.1. The van der Waals surface area contributed by atoms with E-state index in [0.717, 1.165) is 37.5 Å². The van der Waals surface area contributed by atoms with E-state index >= 15 is 0 Å². The summed E-state index contributed by atoms with van der Waals surface area (Å²) >= 11 is 0. The second kappa shape index (κ2) is 7.49. The molecule has 0 aliphatic carbocycles. The molecule has 0 aromatic heterocycles. The van der Waals surface area contributed by atoms with Crippen molar-refractivity contribution in [3.05, 3.63) is 59.7 Å². The Morgan fingerprint density at radius 1 is 1.04 bits per heavy atom. The maximum atomic E-state index is 12.5. The summed E-state index contributed by atoms with van der Waals surface area (Å²) in [6.07, 6.45) is 0. The minimum absolute atomic E-state index is 0.151. The van der Waals surface area contributed by atoms with E-state index < -0.39 is 0 Å². The van der Waals surface area contributed by atoms with Gasteiger partial charge in [-0.15, -0.1) is 0 Å². The van der Waals surface area contributed by atoms with Crippen molar-refractivity contribution in [2.24, 2.45) is 0 Å². The highest BCUT2D eigenvalue weighted by molar-refractivity contribution is 5.98. The molecule has 1 aliphatic rings. The third kappa shape index (κ3) is 3.95. The van der Waals surface area contributed by atoms with Crippen LogP contribution in [0.4, 0.5) is 5.69 Å². The molecule has 0 amide bonds. The maximum absolute atomic E-state index is 12.5. The quantitative estimate of drug-likeness (QED) is 0.792. The van der Waals surface area contributed by atoms with Gasteiger partial charge in [-0.3, -0.25) is 9.69 Å². The predicted molar refractivity (Wildman–Crippen MR) is 97.2 cm³/mol. The molecule has 4 nitrogen and oxygen atoms in total. The van der Waals surface area contributed by atoms with Gasteiger partial charge in [0.15, 0.2) is 5.78 Å². The van der Waals surface area contributed by atoms with E-state index in [4.69, 9.17) is 4.74 Å². The van der Waals surface area contributed by atoms with Gasteiger partial charge in [0.1, 0.15) is 5.75 Å². The first kappa shape index (κ1) is 16.5. The summed E-state index contributed by atoms with van der Waals surface area (Å²) < 4.78 is 5.20. The summed E-state index contributed by atoms with van der Waals surface area (Å²) in [5.41, 5.74) is 3.27. The van der Waals surface area contributed by atoms with Crippen molar-refractivity contribution in [1.82, 2.24) is 4.90 Å². The number of anilines is 1. The van der Waals surface area contributed by atoms with Crippen LogP contribution < -0.4 is 9.64 Å². The molecule has 0 saturated carbocycles. The van der Waals surface area contributed by atoms with Crippen LogP contribution in [-0.2, 0) is 0 Å². The summed E-state index contributed by atoms with van der Waals surface area (Å²) in [6.45, 7) is 6.30. The van der Waals surface area contributed by atoms with Crippen LogP contribution in [0.25, 0.3) is 0 Å². The Hall–Kier alpha value is -2.33. The Kier molecular flexibility index (Phi) is 5.16. The van der Waals surface area contributed by atoms with Gasteiger partial charge in [0.2, 0.25) is 0 Å². The number of benzene rings is 2. The number of hydrogen-bond acceptors (Lipinski definition) is 4. The molecule has 24 heavy (non-hydrogen) atoms. The largest absolute Gasteiger partial charge is 0.497 e.